The van der Waals surface area contributed by atoms with Gasteiger partial charge in [-0.05, 0) is 12.1 Å². The van der Waals surface area contributed by atoms with Crippen LogP contribution in [0, 0.1) is 0 Å². The van der Waals surface area contributed by atoms with Crippen molar-refractivity contribution in [3.8, 4) is 5.75 Å². The molecule has 0 saturated carbocycles. The second kappa shape index (κ2) is 3.38. The minimum absolute atomic E-state index is 0.864. The molecule has 0 N–H and O–H groups in total. The highest BCUT2D eigenvalue weighted by atomic mass is 28.3. The summed E-state index contributed by atoms with van der Waals surface area (Å²) in [6.45, 7) is 6.91. The molecule has 1 aromatic heterocycles. The monoisotopic (exact) mass is 220 g/mol. The highest BCUT2D eigenvalue weighted by Gasteiger charge is 2.18. The summed E-state index contributed by atoms with van der Waals surface area (Å²) >= 11 is 0. The van der Waals surface area contributed by atoms with Crippen molar-refractivity contribution in [1.29, 1.82) is 0 Å². The Labute approximate surface area is 90.8 Å². The minimum Gasteiger partial charge on any atom is -0.497 e. The van der Waals surface area contributed by atoms with Gasteiger partial charge in [-0.25, -0.2) is 4.98 Å². The van der Waals surface area contributed by atoms with Crippen LogP contribution in [0.1, 0.15) is 0 Å². The lowest BCUT2D eigenvalue weighted by molar-refractivity contribution is 0.415. The Hall–Kier alpha value is -1.29. The summed E-state index contributed by atoms with van der Waals surface area (Å²) in [6, 6.07) is 6.05. The van der Waals surface area contributed by atoms with Crippen LogP contribution in [-0.2, 0) is 0 Å². The SMILES string of the molecule is COc1ccc2c(c1)ncn2[Si](C)(C)C. The molecule has 0 unspecified atom stereocenters. The third-order valence-electron chi connectivity index (χ3n) is 2.48. The Morgan fingerprint density at radius 3 is 2.60 bits per heavy atom. The Morgan fingerprint density at radius 1 is 1.27 bits per heavy atom. The zero-order chi connectivity index (χ0) is 11.1. The van der Waals surface area contributed by atoms with E-state index in [0.29, 0.717) is 0 Å². The van der Waals surface area contributed by atoms with Gasteiger partial charge in [0.25, 0.3) is 0 Å². The van der Waals surface area contributed by atoms with Crippen molar-refractivity contribution in [3.05, 3.63) is 24.5 Å². The van der Waals surface area contributed by atoms with E-state index in [1.165, 1.54) is 5.52 Å². The highest BCUT2D eigenvalue weighted by Crippen LogP contribution is 2.22. The maximum Gasteiger partial charge on any atom is 0.154 e. The Bertz CT molecular complexity index is 485. The number of hydrogen-bond donors (Lipinski definition) is 0. The van der Waals surface area contributed by atoms with Crippen molar-refractivity contribution >= 4 is 19.3 Å². The number of ether oxygens (including phenoxy) is 1. The van der Waals surface area contributed by atoms with Gasteiger partial charge in [0, 0.05) is 6.07 Å². The van der Waals surface area contributed by atoms with Crippen molar-refractivity contribution in [2.45, 2.75) is 19.6 Å². The minimum atomic E-state index is -1.36. The zero-order valence-corrected chi connectivity index (χ0v) is 10.6. The van der Waals surface area contributed by atoms with Gasteiger partial charge in [-0.15, -0.1) is 0 Å². The van der Waals surface area contributed by atoms with Crippen LogP contribution in [-0.4, -0.2) is 24.6 Å². The Balaban J connectivity index is 2.62. The molecule has 2 aromatic rings. The number of imidazole rings is 1. The van der Waals surface area contributed by atoms with E-state index in [-0.39, 0.29) is 0 Å². The normalized spacial score (nSPS) is 12.0. The molecule has 3 nitrogen and oxygen atoms in total. The van der Waals surface area contributed by atoms with Crippen LogP contribution in [0.3, 0.4) is 0 Å². The number of benzene rings is 1. The van der Waals surface area contributed by atoms with E-state index in [1.807, 2.05) is 18.5 Å². The molecular formula is C11H16N2OSi. The lowest BCUT2D eigenvalue weighted by Gasteiger charge is -2.18. The van der Waals surface area contributed by atoms with Crippen molar-refractivity contribution < 1.29 is 4.74 Å². The molecule has 0 amide bonds. The molecule has 0 aliphatic heterocycles. The summed E-state index contributed by atoms with van der Waals surface area (Å²) in [5.41, 5.74) is 2.21. The molecule has 0 bridgehead atoms. The van der Waals surface area contributed by atoms with Crippen LogP contribution >= 0.6 is 0 Å². The standard InChI is InChI=1S/C11H16N2OSi/c1-14-9-5-6-11-10(7-9)12-8-13(11)15(2,3)4/h5-8H,1-4H3. The van der Waals surface area contributed by atoms with Gasteiger partial charge in [-0.3, -0.25) is 0 Å². The second-order valence-corrected chi connectivity index (χ2v) is 9.46. The van der Waals surface area contributed by atoms with Gasteiger partial charge in [0.1, 0.15) is 5.75 Å². The Kier molecular flexibility index (Phi) is 2.30. The molecule has 15 heavy (non-hydrogen) atoms. The van der Waals surface area contributed by atoms with Crippen LogP contribution in [0.15, 0.2) is 24.5 Å². The first kappa shape index (κ1) is 10.2. The van der Waals surface area contributed by atoms with E-state index >= 15 is 0 Å². The molecule has 0 fully saturated rings. The van der Waals surface area contributed by atoms with Crippen LogP contribution in [0.4, 0.5) is 0 Å². The van der Waals surface area contributed by atoms with E-state index in [9.17, 15) is 0 Å². The summed E-state index contributed by atoms with van der Waals surface area (Å²) in [4.78, 5) is 4.41. The summed E-state index contributed by atoms with van der Waals surface area (Å²) in [5, 5.41) is 0. The lowest BCUT2D eigenvalue weighted by atomic mass is 10.3. The molecular weight excluding hydrogens is 204 g/mol. The smallest absolute Gasteiger partial charge is 0.154 e. The van der Waals surface area contributed by atoms with Crippen LogP contribution in [0.5, 0.6) is 5.75 Å². The summed E-state index contributed by atoms with van der Waals surface area (Å²) < 4.78 is 7.49. The number of aromatic nitrogens is 2. The quantitative estimate of drug-likeness (QED) is 0.728. The molecule has 0 atom stereocenters. The maximum atomic E-state index is 5.18. The van der Waals surface area contributed by atoms with Crippen molar-refractivity contribution in [3.63, 3.8) is 0 Å². The summed E-state index contributed by atoms with van der Waals surface area (Å²) in [6.07, 6.45) is 1.94. The van der Waals surface area contributed by atoms with Crippen molar-refractivity contribution in [2.75, 3.05) is 7.11 Å². The van der Waals surface area contributed by atoms with Gasteiger partial charge in [0.15, 0.2) is 8.24 Å². The predicted molar refractivity (Wildman–Crippen MR) is 65.0 cm³/mol. The van der Waals surface area contributed by atoms with Gasteiger partial charge < -0.3 is 8.97 Å². The van der Waals surface area contributed by atoms with Crippen LogP contribution in [0.2, 0.25) is 19.6 Å². The fourth-order valence-electron chi connectivity index (χ4n) is 1.65. The fourth-order valence-corrected chi connectivity index (χ4v) is 2.97. The lowest BCUT2D eigenvalue weighted by Crippen LogP contribution is -2.30. The van der Waals surface area contributed by atoms with Gasteiger partial charge in [0.05, 0.1) is 24.5 Å². The molecule has 0 aliphatic rings. The number of fused-ring (bicyclic) bond motifs is 1. The molecule has 0 radical (unpaired) electrons. The predicted octanol–water partition coefficient (Wildman–Crippen LogP) is 2.73. The van der Waals surface area contributed by atoms with E-state index in [4.69, 9.17) is 4.74 Å². The molecule has 4 heteroatoms. The average molecular weight is 220 g/mol. The van der Waals surface area contributed by atoms with Gasteiger partial charge >= 0.3 is 0 Å². The van der Waals surface area contributed by atoms with Gasteiger partial charge in [-0.1, -0.05) is 19.6 Å². The number of nitrogens with zero attached hydrogens (tertiary/aromatic N) is 2. The highest BCUT2D eigenvalue weighted by molar-refractivity contribution is 6.75. The first-order valence-corrected chi connectivity index (χ1v) is 8.48. The van der Waals surface area contributed by atoms with E-state index in [0.717, 1.165) is 11.3 Å². The van der Waals surface area contributed by atoms with Gasteiger partial charge in [-0.2, -0.15) is 0 Å². The number of methoxy groups -OCH3 is 1. The molecule has 0 spiro atoms. The van der Waals surface area contributed by atoms with E-state index < -0.39 is 8.24 Å². The topological polar surface area (TPSA) is 27.1 Å². The van der Waals surface area contributed by atoms with E-state index in [1.54, 1.807) is 7.11 Å². The third kappa shape index (κ3) is 1.77. The molecule has 80 valence electrons. The molecule has 1 aromatic carbocycles. The summed E-state index contributed by atoms with van der Waals surface area (Å²) in [7, 11) is 0.317. The Morgan fingerprint density at radius 2 is 2.00 bits per heavy atom. The first-order chi connectivity index (χ1) is 7.02. The van der Waals surface area contributed by atoms with Crippen molar-refractivity contribution in [1.82, 2.24) is 9.22 Å². The second-order valence-electron chi connectivity index (χ2n) is 4.64. The van der Waals surface area contributed by atoms with Crippen molar-refractivity contribution in [2.24, 2.45) is 0 Å². The summed E-state index contributed by atoms with van der Waals surface area (Å²) in [5.74, 6) is 0.864. The van der Waals surface area contributed by atoms with E-state index in [2.05, 4.69) is 34.9 Å². The molecule has 1 heterocycles. The maximum absolute atomic E-state index is 5.18. The number of rotatable bonds is 2. The van der Waals surface area contributed by atoms with Crippen LogP contribution in [0.25, 0.3) is 11.0 Å². The largest absolute Gasteiger partial charge is 0.497 e. The van der Waals surface area contributed by atoms with Crippen LogP contribution < -0.4 is 4.74 Å². The third-order valence-corrected chi connectivity index (χ3v) is 4.28. The average Bonchev–Trinajstić information content (AvgIpc) is 2.59. The zero-order valence-electron chi connectivity index (χ0n) is 9.61. The fraction of sp³-hybridized carbons (Fsp3) is 0.364. The number of hydrogen-bond acceptors (Lipinski definition) is 2. The first-order valence-electron chi connectivity index (χ1n) is 5.04. The van der Waals surface area contributed by atoms with Gasteiger partial charge in [0.2, 0.25) is 0 Å². The molecule has 0 saturated heterocycles. The molecule has 0 aliphatic carbocycles. The molecule has 2 rings (SSSR count).